The van der Waals surface area contributed by atoms with Crippen molar-refractivity contribution in [3.8, 4) is 17.2 Å². The number of aryl methyl sites for hydroxylation is 1. The van der Waals surface area contributed by atoms with Crippen LogP contribution in [0.4, 0.5) is 11.4 Å². The fourth-order valence-electron chi connectivity index (χ4n) is 3.57. The first-order chi connectivity index (χ1) is 17.9. The molecular formula is C28H26N2O5S2. The lowest BCUT2D eigenvalue weighted by Crippen LogP contribution is -2.27. The smallest absolute Gasteiger partial charge is 0.270 e. The number of rotatable bonds is 9. The summed E-state index contributed by atoms with van der Waals surface area (Å²) in [6.45, 7) is 4.28. The molecule has 2 amide bonds. The Bertz CT molecular complexity index is 1340. The quantitative estimate of drug-likeness (QED) is 0.274. The van der Waals surface area contributed by atoms with Gasteiger partial charge in [0.2, 0.25) is 0 Å². The lowest BCUT2D eigenvalue weighted by Gasteiger charge is -2.15. The molecule has 1 fully saturated rings. The number of nitrogens with one attached hydrogen (secondary N) is 1. The zero-order valence-electron chi connectivity index (χ0n) is 20.6. The average molecular weight is 535 g/mol. The van der Waals surface area contributed by atoms with E-state index in [0.717, 1.165) is 16.9 Å². The minimum atomic E-state index is -0.284. The molecule has 4 rings (SSSR count). The second-order valence-corrected chi connectivity index (χ2v) is 9.73. The molecule has 3 aromatic carbocycles. The second-order valence-electron chi connectivity index (χ2n) is 8.06. The fourth-order valence-corrected chi connectivity index (χ4v) is 4.87. The SMILES string of the molecule is CCOc1ccc(N2C(=O)/C(=C/c3ccc(OCC(=O)Nc4ccc(C)cc4)c(OC)c3)SC2=S)cc1. The van der Waals surface area contributed by atoms with Crippen LogP contribution in [0.25, 0.3) is 6.08 Å². The normalized spacial score (nSPS) is 14.1. The van der Waals surface area contributed by atoms with Gasteiger partial charge in [-0.25, -0.2) is 0 Å². The van der Waals surface area contributed by atoms with Crippen LogP contribution in [0.2, 0.25) is 0 Å². The van der Waals surface area contributed by atoms with E-state index in [1.807, 2.05) is 62.4 Å². The van der Waals surface area contributed by atoms with Gasteiger partial charge in [0.1, 0.15) is 5.75 Å². The Balaban J connectivity index is 1.43. The van der Waals surface area contributed by atoms with Gasteiger partial charge in [0.15, 0.2) is 22.4 Å². The summed E-state index contributed by atoms with van der Waals surface area (Å²) in [6, 6.07) is 20.0. The molecule has 1 N–H and O–H groups in total. The number of hydrogen-bond donors (Lipinski definition) is 1. The predicted octanol–water partition coefficient (Wildman–Crippen LogP) is 5.83. The topological polar surface area (TPSA) is 77.1 Å². The van der Waals surface area contributed by atoms with E-state index in [1.54, 1.807) is 24.3 Å². The van der Waals surface area contributed by atoms with Crippen molar-refractivity contribution >= 4 is 57.6 Å². The summed E-state index contributed by atoms with van der Waals surface area (Å²) in [4.78, 5) is 27.4. The van der Waals surface area contributed by atoms with Crippen molar-refractivity contribution in [1.29, 1.82) is 0 Å². The van der Waals surface area contributed by atoms with Crippen LogP contribution in [0, 0.1) is 6.92 Å². The molecule has 0 unspecified atom stereocenters. The van der Waals surface area contributed by atoms with Crippen LogP contribution in [-0.4, -0.2) is 36.5 Å². The molecule has 1 aliphatic rings. The molecule has 3 aromatic rings. The monoisotopic (exact) mass is 534 g/mol. The van der Waals surface area contributed by atoms with E-state index in [2.05, 4.69) is 5.32 Å². The van der Waals surface area contributed by atoms with Gasteiger partial charge in [0, 0.05) is 5.69 Å². The summed E-state index contributed by atoms with van der Waals surface area (Å²) in [5, 5.41) is 2.79. The number of carbonyl (C=O) groups excluding carboxylic acids is 2. The van der Waals surface area contributed by atoms with Crippen LogP contribution in [-0.2, 0) is 9.59 Å². The van der Waals surface area contributed by atoms with Crippen LogP contribution in [0.5, 0.6) is 17.2 Å². The molecule has 9 heteroatoms. The van der Waals surface area contributed by atoms with Gasteiger partial charge < -0.3 is 19.5 Å². The minimum absolute atomic E-state index is 0.176. The summed E-state index contributed by atoms with van der Waals surface area (Å²) in [5.74, 6) is 1.10. The number of hydrogen-bond acceptors (Lipinski definition) is 7. The number of benzene rings is 3. The molecule has 1 saturated heterocycles. The summed E-state index contributed by atoms with van der Waals surface area (Å²) in [5.41, 5.74) is 3.22. The van der Waals surface area contributed by atoms with E-state index in [9.17, 15) is 9.59 Å². The van der Waals surface area contributed by atoms with Crippen molar-refractivity contribution in [1.82, 2.24) is 0 Å². The molecule has 0 bridgehead atoms. The third-order valence-electron chi connectivity index (χ3n) is 5.38. The lowest BCUT2D eigenvalue weighted by molar-refractivity contribution is -0.118. The maximum Gasteiger partial charge on any atom is 0.270 e. The highest BCUT2D eigenvalue weighted by Gasteiger charge is 2.33. The molecule has 0 atom stereocenters. The molecule has 0 aromatic heterocycles. The predicted molar refractivity (Wildman–Crippen MR) is 152 cm³/mol. The molecule has 190 valence electrons. The average Bonchev–Trinajstić information content (AvgIpc) is 3.17. The van der Waals surface area contributed by atoms with Crippen molar-refractivity contribution in [3.05, 3.63) is 82.8 Å². The number of amides is 2. The highest BCUT2D eigenvalue weighted by Crippen LogP contribution is 2.37. The molecule has 0 spiro atoms. The maximum atomic E-state index is 13.1. The number of ether oxygens (including phenoxy) is 3. The van der Waals surface area contributed by atoms with E-state index < -0.39 is 0 Å². The second kappa shape index (κ2) is 11.9. The van der Waals surface area contributed by atoms with E-state index >= 15 is 0 Å². The molecule has 0 aliphatic carbocycles. The molecule has 7 nitrogen and oxygen atoms in total. The molecular weight excluding hydrogens is 508 g/mol. The summed E-state index contributed by atoms with van der Waals surface area (Å²) >= 11 is 6.70. The van der Waals surface area contributed by atoms with Crippen molar-refractivity contribution in [2.75, 3.05) is 30.5 Å². The Hall–Kier alpha value is -3.82. The molecule has 0 saturated carbocycles. The first-order valence-corrected chi connectivity index (χ1v) is 12.8. The Morgan fingerprint density at radius 1 is 1.03 bits per heavy atom. The summed E-state index contributed by atoms with van der Waals surface area (Å²) < 4.78 is 17.1. The van der Waals surface area contributed by atoms with Gasteiger partial charge in [0.25, 0.3) is 11.8 Å². The Labute approximate surface area is 225 Å². The first kappa shape index (κ1) is 26.2. The zero-order chi connectivity index (χ0) is 26.4. The van der Waals surface area contributed by atoms with E-state index in [0.29, 0.717) is 38.7 Å². The molecule has 0 radical (unpaired) electrons. The molecule has 1 heterocycles. The number of anilines is 2. The minimum Gasteiger partial charge on any atom is -0.494 e. The highest BCUT2D eigenvalue weighted by molar-refractivity contribution is 8.27. The number of nitrogens with zero attached hydrogens (tertiary/aromatic N) is 1. The Morgan fingerprint density at radius 3 is 2.43 bits per heavy atom. The van der Waals surface area contributed by atoms with Gasteiger partial charge in [-0.05, 0) is 74.0 Å². The van der Waals surface area contributed by atoms with Gasteiger partial charge in [0.05, 0.1) is 24.3 Å². The Kier molecular flexibility index (Phi) is 8.47. The summed E-state index contributed by atoms with van der Waals surface area (Å²) in [7, 11) is 1.52. The van der Waals surface area contributed by atoms with Gasteiger partial charge >= 0.3 is 0 Å². The lowest BCUT2D eigenvalue weighted by atomic mass is 10.1. The van der Waals surface area contributed by atoms with Gasteiger partial charge in [-0.15, -0.1) is 0 Å². The zero-order valence-corrected chi connectivity index (χ0v) is 22.3. The number of thioether (sulfide) groups is 1. The number of thiocarbonyl (C=S) groups is 1. The van der Waals surface area contributed by atoms with Crippen LogP contribution in [0.1, 0.15) is 18.1 Å². The number of carbonyl (C=O) groups is 2. The third-order valence-corrected chi connectivity index (χ3v) is 6.68. The van der Waals surface area contributed by atoms with Crippen molar-refractivity contribution in [3.63, 3.8) is 0 Å². The van der Waals surface area contributed by atoms with Crippen molar-refractivity contribution in [2.24, 2.45) is 0 Å². The van der Waals surface area contributed by atoms with Crippen LogP contribution in [0.15, 0.2) is 71.6 Å². The van der Waals surface area contributed by atoms with E-state index in [4.69, 9.17) is 26.4 Å². The van der Waals surface area contributed by atoms with Gasteiger partial charge in [-0.2, -0.15) is 0 Å². The van der Waals surface area contributed by atoms with Gasteiger partial charge in [-0.1, -0.05) is 47.7 Å². The third kappa shape index (κ3) is 6.49. The van der Waals surface area contributed by atoms with Crippen LogP contribution < -0.4 is 24.4 Å². The standard InChI is InChI=1S/C28H26N2O5S2/c1-4-34-22-12-10-21(11-13-22)30-27(32)25(37-28(30)36)16-19-7-14-23(24(15-19)33-3)35-17-26(31)29-20-8-5-18(2)6-9-20/h5-16H,4,17H2,1-3H3,(H,29,31)/b25-16-. The van der Waals surface area contributed by atoms with Crippen LogP contribution in [0.3, 0.4) is 0 Å². The fraction of sp³-hybridized carbons (Fsp3) is 0.179. The van der Waals surface area contributed by atoms with Gasteiger partial charge in [-0.3, -0.25) is 14.5 Å². The van der Waals surface area contributed by atoms with E-state index in [-0.39, 0.29) is 18.4 Å². The first-order valence-electron chi connectivity index (χ1n) is 11.6. The van der Waals surface area contributed by atoms with Crippen molar-refractivity contribution < 1.29 is 23.8 Å². The van der Waals surface area contributed by atoms with E-state index in [1.165, 1.54) is 23.8 Å². The van der Waals surface area contributed by atoms with Crippen molar-refractivity contribution in [2.45, 2.75) is 13.8 Å². The largest absolute Gasteiger partial charge is 0.494 e. The molecule has 37 heavy (non-hydrogen) atoms. The number of methoxy groups -OCH3 is 1. The maximum absolute atomic E-state index is 13.1. The molecule has 1 aliphatic heterocycles. The van der Waals surface area contributed by atoms with Crippen LogP contribution >= 0.6 is 24.0 Å². The summed E-state index contributed by atoms with van der Waals surface area (Å²) in [6.07, 6.45) is 1.75. The highest BCUT2D eigenvalue weighted by atomic mass is 32.2. The Morgan fingerprint density at radius 2 is 1.76 bits per heavy atom.